The van der Waals surface area contributed by atoms with Crippen molar-refractivity contribution in [1.29, 1.82) is 0 Å². The van der Waals surface area contributed by atoms with E-state index >= 15 is 0 Å². The highest BCUT2D eigenvalue weighted by Crippen LogP contribution is 2.42. The van der Waals surface area contributed by atoms with E-state index in [0.717, 1.165) is 78.3 Å². The summed E-state index contributed by atoms with van der Waals surface area (Å²) < 4.78 is 0. The second-order valence-corrected chi connectivity index (χ2v) is 14.5. The molecule has 0 aliphatic heterocycles. The normalized spacial score (nSPS) is 12.7. The highest BCUT2D eigenvalue weighted by atomic mass is 16.3. The van der Waals surface area contributed by atoms with Crippen molar-refractivity contribution in [3.63, 3.8) is 0 Å². The fourth-order valence-electron chi connectivity index (χ4n) is 6.39. The molecule has 0 saturated carbocycles. The van der Waals surface area contributed by atoms with Crippen molar-refractivity contribution in [3.05, 3.63) is 86.5 Å². The van der Waals surface area contributed by atoms with E-state index in [-0.39, 0.29) is 11.8 Å². The van der Waals surface area contributed by atoms with E-state index in [9.17, 15) is 15.3 Å². The lowest BCUT2D eigenvalue weighted by atomic mass is 9.76. The van der Waals surface area contributed by atoms with Crippen LogP contribution in [-0.2, 0) is 19.3 Å². The molecule has 0 aromatic heterocycles. The molecular formula is C40H58O3. The lowest BCUT2D eigenvalue weighted by Gasteiger charge is -2.28. The summed E-state index contributed by atoms with van der Waals surface area (Å²) in [5, 5.41) is 32.6. The van der Waals surface area contributed by atoms with Gasteiger partial charge in [-0.15, -0.1) is 0 Å². The first-order chi connectivity index (χ1) is 20.2. The molecule has 0 amide bonds. The molecule has 0 aliphatic rings. The van der Waals surface area contributed by atoms with E-state index in [1.54, 1.807) is 0 Å². The molecule has 3 aromatic carbocycles. The van der Waals surface area contributed by atoms with Crippen molar-refractivity contribution in [3.8, 4) is 17.2 Å². The molecule has 0 aliphatic carbocycles. The predicted molar refractivity (Wildman–Crippen MR) is 183 cm³/mol. The Morgan fingerprint density at radius 3 is 1.09 bits per heavy atom. The lowest BCUT2D eigenvalue weighted by molar-refractivity contribution is 0.461. The summed E-state index contributed by atoms with van der Waals surface area (Å²) in [6.07, 6.45) is 6.57. The number of rotatable bonds is 14. The Morgan fingerprint density at radius 1 is 0.465 bits per heavy atom. The van der Waals surface area contributed by atoms with Crippen molar-refractivity contribution >= 4 is 0 Å². The molecule has 236 valence electrons. The molecule has 0 heterocycles. The van der Waals surface area contributed by atoms with Crippen molar-refractivity contribution < 1.29 is 15.3 Å². The van der Waals surface area contributed by atoms with E-state index in [4.69, 9.17) is 0 Å². The molecule has 43 heavy (non-hydrogen) atoms. The molecule has 0 fully saturated rings. The van der Waals surface area contributed by atoms with Gasteiger partial charge in [-0.1, -0.05) is 66.7 Å². The first-order valence-electron chi connectivity index (χ1n) is 16.6. The minimum Gasteiger partial charge on any atom is -0.508 e. The summed E-state index contributed by atoms with van der Waals surface area (Å²) in [5.41, 5.74) is 10.2. The number of benzene rings is 3. The van der Waals surface area contributed by atoms with Gasteiger partial charge in [-0.05, 0) is 158 Å². The number of hydrogen-bond acceptors (Lipinski definition) is 3. The topological polar surface area (TPSA) is 60.7 Å². The maximum Gasteiger partial charge on any atom is 0.119 e. The number of aromatic hydroxyl groups is 3. The van der Waals surface area contributed by atoms with Gasteiger partial charge in [0.2, 0.25) is 0 Å². The molecule has 3 rings (SSSR count). The molecule has 1 atom stereocenters. The van der Waals surface area contributed by atoms with Crippen LogP contribution in [0.3, 0.4) is 0 Å². The SMILES string of the molecule is Cc1cc(O)c(CCC(C)C)cc1C(C)CC(c1cc(CCC(C)C)c(O)cc1C)c1cc(CCC(C)C)c(O)cc1C. The monoisotopic (exact) mass is 586 g/mol. The molecule has 3 aromatic rings. The van der Waals surface area contributed by atoms with E-state index in [1.165, 1.54) is 16.7 Å². The largest absolute Gasteiger partial charge is 0.508 e. The van der Waals surface area contributed by atoms with Gasteiger partial charge in [-0.2, -0.15) is 0 Å². The van der Waals surface area contributed by atoms with Gasteiger partial charge < -0.3 is 15.3 Å². The van der Waals surface area contributed by atoms with Gasteiger partial charge in [0.05, 0.1) is 0 Å². The van der Waals surface area contributed by atoms with Crippen LogP contribution in [0.2, 0.25) is 0 Å². The molecule has 0 radical (unpaired) electrons. The van der Waals surface area contributed by atoms with E-state index in [2.05, 4.69) is 87.4 Å². The van der Waals surface area contributed by atoms with Crippen LogP contribution in [0.5, 0.6) is 17.2 Å². The predicted octanol–water partition coefficient (Wildman–Crippen LogP) is 10.8. The number of phenols is 3. The zero-order valence-electron chi connectivity index (χ0n) is 28.6. The van der Waals surface area contributed by atoms with Crippen molar-refractivity contribution in [2.24, 2.45) is 17.8 Å². The van der Waals surface area contributed by atoms with E-state index in [1.807, 2.05) is 18.2 Å². The van der Waals surface area contributed by atoms with Gasteiger partial charge in [0.25, 0.3) is 0 Å². The third kappa shape index (κ3) is 9.27. The molecule has 1 unspecified atom stereocenters. The second kappa shape index (κ2) is 15.2. The van der Waals surface area contributed by atoms with E-state index in [0.29, 0.717) is 35.0 Å². The zero-order valence-corrected chi connectivity index (χ0v) is 28.6. The summed E-state index contributed by atoms with van der Waals surface area (Å²) in [4.78, 5) is 0. The minimum absolute atomic E-state index is 0.0964. The van der Waals surface area contributed by atoms with Crippen molar-refractivity contribution in [1.82, 2.24) is 0 Å². The number of aryl methyl sites for hydroxylation is 6. The smallest absolute Gasteiger partial charge is 0.119 e. The summed E-state index contributed by atoms with van der Waals surface area (Å²) in [5.74, 6) is 3.21. The van der Waals surface area contributed by atoms with Gasteiger partial charge in [0.15, 0.2) is 0 Å². The molecule has 3 heteroatoms. The summed E-state index contributed by atoms with van der Waals surface area (Å²) >= 11 is 0. The maximum atomic E-state index is 10.9. The fourth-order valence-corrected chi connectivity index (χ4v) is 6.39. The Labute approximate surface area is 262 Å². The Hall–Kier alpha value is -2.94. The summed E-state index contributed by atoms with van der Waals surface area (Å²) in [7, 11) is 0. The van der Waals surface area contributed by atoms with Crippen LogP contribution >= 0.6 is 0 Å². The average Bonchev–Trinajstić information content (AvgIpc) is 2.90. The summed E-state index contributed by atoms with van der Waals surface area (Å²) in [6, 6.07) is 12.6. The molecule has 3 N–H and O–H groups in total. The van der Waals surface area contributed by atoms with Crippen LogP contribution in [0.1, 0.15) is 136 Å². The van der Waals surface area contributed by atoms with Gasteiger partial charge >= 0.3 is 0 Å². The number of phenolic OH excluding ortho intramolecular Hbond substituents is 3. The van der Waals surface area contributed by atoms with Gasteiger partial charge in [-0.25, -0.2) is 0 Å². The summed E-state index contributed by atoms with van der Waals surface area (Å²) in [6.45, 7) is 22.0. The molecule has 0 spiro atoms. The fraction of sp³-hybridized carbons (Fsp3) is 0.550. The van der Waals surface area contributed by atoms with Crippen molar-refractivity contribution in [2.75, 3.05) is 0 Å². The highest BCUT2D eigenvalue weighted by Gasteiger charge is 2.26. The third-order valence-electron chi connectivity index (χ3n) is 9.25. The first-order valence-corrected chi connectivity index (χ1v) is 16.6. The molecule has 0 saturated heterocycles. The van der Waals surface area contributed by atoms with Crippen LogP contribution < -0.4 is 0 Å². The second-order valence-electron chi connectivity index (χ2n) is 14.5. The quantitative estimate of drug-likeness (QED) is 0.176. The van der Waals surface area contributed by atoms with Crippen LogP contribution in [0.15, 0.2) is 36.4 Å². The zero-order chi connectivity index (χ0) is 32.0. The van der Waals surface area contributed by atoms with Crippen LogP contribution in [0.25, 0.3) is 0 Å². The molecule has 3 nitrogen and oxygen atoms in total. The Bertz CT molecular complexity index is 1300. The average molecular weight is 587 g/mol. The Morgan fingerprint density at radius 2 is 0.767 bits per heavy atom. The molecule has 0 bridgehead atoms. The van der Waals surface area contributed by atoms with Gasteiger partial charge in [0.1, 0.15) is 17.2 Å². The third-order valence-corrected chi connectivity index (χ3v) is 9.25. The Kier molecular flexibility index (Phi) is 12.2. The molecular weight excluding hydrogens is 528 g/mol. The van der Waals surface area contributed by atoms with E-state index < -0.39 is 0 Å². The van der Waals surface area contributed by atoms with Gasteiger partial charge in [-0.3, -0.25) is 0 Å². The van der Waals surface area contributed by atoms with Crippen molar-refractivity contribution in [2.45, 2.75) is 126 Å². The maximum absolute atomic E-state index is 10.9. The minimum atomic E-state index is 0.0964. The van der Waals surface area contributed by atoms with Crippen LogP contribution in [-0.4, -0.2) is 15.3 Å². The standard InChI is InChI=1S/C40H58O3/c1-24(2)11-14-31-21-34(28(8)18-38(31)41)27(7)17-37(35-22-32(15-12-25(3)4)39(42)19-29(35)9)36-23-33(16-13-26(5)6)40(43)20-30(36)10/h18-27,37,41-43H,11-17H2,1-10H3. The number of hydrogen-bond donors (Lipinski definition) is 3. The van der Waals surface area contributed by atoms with Gasteiger partial charge in [0, 0.05) is 5.92 Å². The lowest BCUT2D eigenvalue weighted by Crippen LogP contribution is -2.12. The van der Waals surface area contributed by atoms with Crippen LogP contribution in [0, 0.1) is 38.5 Å². The first kappa shape index (κ1) is 34.5. The highest BCUT2D eigenvalue weighted by molar-refractivity contribution is 5.51. The van der Waals surface area contributed by atoms with Crippen LogP contribution in [0.4, 0.5) is 0 Å². The Balaban J connectivity index is 2.15.